The lowest BCUT2D eigenvalue weighted by Crippen LogP contribution is -2.13. The third-order valence-corrected chi connectivity index (χ3v) is 1.47. The van der Waals surface area contributed by atoms with Crippen LogP contribution in [0.1, 0.15) is 0 Å². The standard InChI is InChI=1S/C5H7FN2O2S/c6-3(5(8)10)1-11-2-4(7)9/h1H,2H2,(H2,7,9)(H2,8,10). The first kappa shape index (κ1) is 9.96. The van der Waals surface area contributed by atoms with Crippen LogP contribution in [0.5, 0.6) is 0 Å². The highest BCUT2D eigenvalue weighted by Gasteiger charge is 2.01. The first-order valence-corrected chi connectivity index (χ1v) is 3.64. The Bertz CT molecular complexity index is 205. The summed E-state index contributed by atoms with van der Waals surface area (Å²) in [5.74, 6) is -2.87. The van der Waals surface area contributed by atoms with Crippen molar-refractivity contribution < 1.29 is 14.0 Å². The molecule has 0 radical (unpaired) electrons. The highest BCUT2D eigenvalue weighted by molar-refractivity contribution is 8.02. The van der Waals surface area contributed by atoms with E-state index in [1.54, 1.807) is 0 Å². The van der Waals surface area contributed by atoms with Gasteiger partial charge in [0, 0.05) is 5.41 Å². The summed E-state index contributed by atoms with van der Waals surface area (Å²) in [4.78, 5) is 20.1. The van der Waals surface area contributed by atoms with Crippen molar-refractivity contribution in [2.45, 2.75) is 0 Å². The largest absolute Gasteiger partial charge is 0.369 e. The number of hydrogen-bond acceptors (Lipinski definition) is 3. The van der Waals surface area contributed by atoms with Gasteiger partial charge >= 0.3 is 0 Å². The van der Waals surface area contributed by atoms with Crippen LogP contribution in [0.3, 0.4) is 0 Å². The zero-order valence-corrected chi connectivity index (χ0v) is 6.36. The molecule has 0 unspecified atom stereocenters. The number of thioether (sulfide) groups is 1. The van der Waals surface area contributed by atoms with Crippen LogP contribution in [0.4, 0.5) is 4.39 Å². The van der Waals surface area contributed by atoms with Crippen LogP contribution >= 0.6 is 11.8 Å². The third-order valence-electron chi connectivity index (χ3n) is 0.648. The summed E-state index contributed by atoms with van der Waals surface area (Å²) in [5, 5.41) is 0.854. The summed E-state index contributed by atoms with van der Waals surface area (Å²) in [6.45, 7) is 0. The van der Waals surface area contributed by atoms with E-state index in [4.69, 9.17) is 5.73 Å². The normalized spacial score (nSPS) is 11.2. The van der Waals surface area contributed by atoms with Gasteiger partial charge in [0.2, 0.25) is 5.91 Å². The Kier molecular flexibility index (Phi) is 4.28. The highest BCUT2D eigenvalue weighted by atomic mass is 32.2. The molecule has 2 amide bonds. The van der Waals surface area contributed by atoms with Crippen LogP contribution in [-0.4, -0.2) is 17.6 Å². The number of hydrogen-bond donors (Lipinski definition) is 2. The van der Waals surface area contributed by atoms with E-state index in [0.29, 0.717) is 0 Å². The van der Waals surface area contributed by atoms with Gasteiger partial charge in [0.25, 0.3) is 5.91 Å². The number of rotatable bonds is 4. The molecule has 11 heavy (non-hydrogen) atoms. The first-order chi connectivity index (χ1) is 5.04. The number of primary amides is 2. The van der Waals surface area contributed by atoms with E-state index in [1.807, 2.05) is 0 Å². The smallest absolute Gasteiger partial charge is 0.277 e. The fraction of sp³-hybridized carbons (Fsp3) is 0.200. The molecule has 0 aliphatic carbocycles. The molecule has 4 N–H and O–H groups in total. The minimum Gasteiger partial charge on any atom is -0.369 e. The topological polar surface area (TPSA) is 86.2 Å². The zero-order valence-electron chi connectivity index (χ0n) is 5.54. The number of halogens is 1. The number of carbonyl (C=O) groups excluding carboxylic acids is 2. The molecular formula is C5H7FN2O2S. The molecule has 0 bridgehead atoms. The second kappa shape index (κ2) is 4.73. The molecule has 0 heterocycles. The van der Waals surface area contributed by atoms with Crippen molar-refractivity contribution in [1.29, 1.82) is 0 Å². The van der Waals surface area contributed by atoms with Crippen LogP contribution < -0.4 is 11.5 Å². The summed E-state index contributed by atoms with van der Waals surface area (Å²) >= 11 is 0.785. The molecule has 0 atom stereocenters. The van der Waals surface area contributed by atoms with Gasteiger partial charge in [0.05, 0.1) is 5.75 Å². The Morgan fingerprint density at radius 1 is 1.45 bits per heavy atom. The van der Waals surface area contributed by atoms with Crippen molar-refractivity contribution in [3.63, 3.8) is 0 Å². The summed E-state index contributed by atoms with van der Waals surface area (Å²) in [6.07, 6.45) is 0. The van der Waals surface area contributed by atoms with Crippen molar-refractivity contribution in [2.24, 2.45) is 11.5 Å². The minimum absolute atomic E-state index is 0.0688. The minimum atomic E-state index is -1.15. The lowest BCUT2D eigenvalue weighted by atomic mass is 10.6. The van der Waals surface area contributed by atoms with Crippen LogP contribution in [0.15, 0.2) is 11.2 Å². The molecule has 0 fully saturated rings. The molecular weight excluding hydrogens is 171 g/mol. The van der Waals surface area contributed by atoms with Gasteiger partial charge in [0.1, 0.15) is 0 Å². The van der Waals surface area contributed by atoms with Crippen LogP contribution in [0.25, 0.3) is 0 Å². The van der Waals surface area contributed by atoms with Crippen LogP contribution in [0, 0.1) is 0 Å². The van der Waals surface area contributed by atoms with Gasteiger partial charge in [-0.3, -0.25) is 9.59 Å². The SMILES string of the molecule is NC(=O)CSC=C(F)C(N)=O. The summed E-state index contributed by atoms with van der Waals surface area (Å²) in [6, 6.07) is 0. The van der Waals surface area contributed by atoms with E-state index in [1.165, 1.54) is 0 Å². The summed E-state index contributed by atoms with van der Waals surface area (Å²) in [5.41, 5.74) is 9.27. The Labute approximate surface area is 66.8 Å². The van der Waals surface area contributed by atoms with Crippen molar-refractivity contribution in [1.82, 2.24) is 0 Å². The maximum Gasteiger partial charge on any atom is 0.277 e. The second-order valence-corrected chi connectivity index (χ2v) is 2.47. The average Bonchev–Trinajstić information content (AvgIpc) is 1.86. The predicted octanol–water partition coefficient (Wildman–Crippen LogP) is -0.499. The molecule has 0 aromatic heterocycles. The molecule has 0 rings (SSSR count). The molecule has 0 saturated carbocycles. The van der Waals surface area contributed by atoms with Crippen molar-refractivity contribution in [3.05, 3.63) is 11.2 Å². The quantitative estimate of drug-likeness (QED) is 0.569. The zero-order chi connectivity index (χ0) is 8.85. The Balaban J connectivity index is 3.74. The van der Waals surface area contributed by atoms with Gasteiger partial charge in [-0.2, -0.15) is 0 Å². The van der Waals surface area contributed by atoms with Gasteiger partial charge in [-0.05, 0) is 0 Å². The van der Waals surface area contributed by atoms with Gasteiger partial charge in [-0.25, -0.2) is 4.39 Å². The van der Waals surface area contributed by atoms with E-state index in [2.05, 4.69) is 5.73 Å². The lowest BCUT2D eigenvalue weighted by molar-refractivity contribution is -0.116. The molecule has 0 saturated heterocycles. The summed E-state index contributed by atoms with van der Waals surface area (Å²) in [7, 11) is 0. The lowest BCUT2D eigenvalue weighted by Gasteiger charge is -1.89. The monoisotopic (exact) mass is 178 g/mol. The average molecular weight is 178 g/mol. The van der Waals surface area contributed by atoms with Crippen LogP contribution in [0.2, 0.25) is 0 Å². The maximum absolute atomic E-state index is 12.2. The van der Waals surface area contributed by atoms with Gasteiger partial charge in [-0.15, -0.1) is 11.8 Å². The van der Waals surface area contributed by atoms with Crippen molar-refractivity contribution >= 4 is 23.6 Å². The Morgan fingerprint density at radius 2 is 2.00 bits per heavy atom. The molecule has 0 aliphatic heterocycles. The first-order valence-electron chi connectivity index (χ1n) is 2.59. The molecule has 0 aromatic rings. The summed E-state index contributed by atoms with van der Waals surface area (Å²) < 4.78 is 12.2. The van der Waals surface area contributed by atoms with Crippen molar-refractivity contribution in [3.8, 4) is 0 Å². The van der Waals surface area contributed by atoms with E-state index in [9.17, 15) is 14.0 Å². The maximum atomic E-state index is 12.2. The van der Waals surface area contributed by atoms with E-state index >= 15 is 0 Å². The van der Waals surface area contributed by atoms with E-state index < -0.39 is 17.6 Å². The fourth-order valence-corrected chi connectivity index (χ4v) is 0.765. The second-order valence-electron chi connectivity index (χ2n) is 1.61. The number of amides is 2. The number of carbonyl (C=O) groups is 2. The van der Waals surface area contributed by atoms with Gasteiger partial charge < -0.3 is 11.5 Å². The number of nitrogens with two attached hydrogens (primary N) is 2. The van der Waals surface area contributed by atoms with Crippen LogP contribution in [-0.2, 0) is 9.59 Å². The van der Waals surface area contributed by atoms with Gasteiger partial charge in [0.15, 0.2) is 5.83 Å². The molecule has 4 nitrogen and oxygen atoms in total. The molecule has 0 spiro atoms. The molecule has 6 heteroatoms. The Morgan fingerprint density at radius 3 is 2.36 bits per heavy atom. The third kappa shape index (κ3) is 5.41. The molecule has 62 valence electrons. The van der Waals surface area contributed by atoms with Crippen molar-refractivity contribution in [2.75, 3.05) is 5.75 Å². The van der Waals surface area contributed by atoms with Gasteiger partial charge in [-0.1, -0.05) is 0 Å². The molecule has 0 aliphatic rings. The Hall–Kier alpha value is -1.04. The predicted molar refractivity (Wildman–Crippen MR) is 40.0 cm³/mol. The van der Waals surface area contributed by atoms with E-state index in [0.717, 1.165) is 17.2 Å². The molecule has 0 aromatic carbocycles. The highest BCUT2D eigenvalue weighted by Crippen LogP contribution is 2.06. The van der Waals surface area contributed by atoms with E-state index in [-0.39, 0.29) is 5.75 Å². The fourth-order valence-electron chi connectivity index (χ4n) is 0.255.